The van der Waals surface area contributed by atoms with Crippen LogP contribution >= 0.6 is 0 Å². The van der Waals surface area contributed by atoms with Crippen LogP contribution in [0.4, 0.5) is 0 Å². The first-order valence-corrected chi connectivity index (χ1v) is 12.8. The summed E-state index contributed by atoms with van der Waals surface area (Å²) in [4.78, 5) is 15.6. The zero-order valence-electron chi connectivity index (χ0n) is 20.6. The predicted octanol–water partition coefficient (Wildman–Crippen LogP) is 4.12. The highest BCUT2D eigenvalue weighted by Gasteiger charge is 2.57. The molecule has 37 heavy (non-hydrogen) atoms. The van der Waals surface area contributed by atoms with Gasteiger partial charge in [0, 0.05) is 5.41 Å². The summed E-state index contributed by atoms with van der Waals surface area (Å²) in [5, 5.41) is 0. The summed E-state index contributed by atoms with van der Waals surface area (Å²) >= 11 is 0. The van der Waals surface area contributed by atoms with Crippen molar-refractivity contribution in [2.75, 3.05) is 33.0 Å². The minimum Gasteiger partial charge on any atom is -0.486 e. The van der Waals surface area contributed by atoms with Gasteiger partial charge in [0.25, 0.3) is 0 Å². The van der Waals surface area contributed by atoms with Crippen LogP contribution < -0.4 is 18.9 Å². The molecule has 8 heteroatoms. The van der Waals surface area contributed by atoms with E-state index in [0.29, 0.717) is 50.3 Å². The third kappa shape index (κ3) is 3.78. The van der Waals surface area contributed by atoms with Gasteiger partial charge < -0.3 is 28.4 Å². The van der Waals surface area contributed by atoms with E-state index in [-0.39, 0.29) is 17.4 Å². The Hall–Kier alpha value is -3.49. The van der Waals surface area contributed by atoms with Gasteiger partial charge in [-0.25, -0.2) is 0 Å². The molecule has 5 atom stereocenters. The fraction of sp³-hybridized carbons (Fsp3) is 0.414. The Balaban J connectivity index is 1.32. The number of esters is 1. The molecular formula is C29H29NO7. The van der Waals surface area contributed by atoms with Crippen LogP contribution in [0.25, 0.3) is 0 Å². The Morgan fingerprint density at radius 2 is 1.46 bits per heavy atom. The number of allylic oxidation sites excluding steroid dienone is 3. The SMILES string of the molecule is CC1([C@H]2COC(=O)[C@@H]3[C@@H](c4ccc5c(c4)OCCO5)O[C@@H](c4ccc5c(c4)OCCO5)N32)C=CC=CC1. The van der Waals surface area contributed by atoms with Crippen LogP contribution in [0, 0.1) is 5.41 Å². The fourth-order valence-corrected chi connectivity index (χ4v) is 6.00. The first-order chi connectivity index (χ1) is 18.1. The highest BCUT2D eigenvalue weighted by Crippen LogP contribution is 2.52. The van der Waals surface area contributed by atoms with E-state index in [2.05, 4.69) is 36.1 Å². The molecule has 8 nitrogen and oxygen atoms in total. The maximum absolute atomic E-state index is 13.4. The molecule has 4 aliphatic heterocycles. The molecule has 1 aliphatic carbocycles. The fourth-order valence-electron chi connectivity index (χ4n) is 6.00. The first kappa shape index (κ1) is 22.7. The average molecular weight is 504 g/mol. The number of carbonyl (C=O) groups is 1. The normalized spacial score (nSPS) is 32.1. The molecule has 2 aromatic carbocycles. The molecule has 1 unspecified atom stereocenters. The van der Waals surface area contributed by atoms with Crippen molar-refractivity contribution in [2.45, 2.75) is 37.8 Å². The van der Waals surface area contributed by atoms with Gasteiger partial charge in [-0.2, -0.15) is 0 Å². The van der Waals surface area contributed by atoms with Crippen LogP contribution in [0.3, 0.4) is 0 Å². The van der Waals surface area contributed by atoms with Crippen molar-refractivity contribution in [1.82, 2.24) is 4.90 Å². The number of fused-ring (bicyclic) bond motifs is 3. The summed E-state index contributed by atoms with van der Waals surface area (Å²) in [6, 6.07) is 10.9. The zero-order chi connectivity index (χ0) is 25.0. The maximum Gasteiger partial charge on any atom is 0.326 e. The second-order valence-corrected chi connectivity index (χ2v) is 10.3. The van der Waals surface area contributed by atoms with Gasteiger partial charge in [0.15, 0.2) is 23.0 Å². The molecule has 4 heterocycles. The van der Waals surface area contributed by atoms with Gasteiger partial charge in [0.2, 0.25) is 0 Å². The van der Waals surface area contributed by atoms with Crippen LogP contribution in [-0.4, -0.2) is 56.0 Å². The number of ether oxygens (including phenoxy) is 6. The Morgan fingerprint density at radius 3 is 2.14 bits per heavy atom. The van der Waals surface area contributed by atoms with E-state index in [0.717, 1.165) is 23.3 Å². The molecule has 0 spiro atoms. The summed E-state index contributed by atoms with van der Waals surface area (Å²) < 4.78 is 35.8. The molecule has 2 saturated heterocycles. The van der Waals surface area contributed by atoms with Crippen LogP contribution in [0.5, 0.6) is 23.0 Å². The van der Waals surface area contributed by atoms with Crippen molar-refractivity contribution in [3.8, 4) is 23.0 Å². The minimum absolute atomic E-state index is 0.0863. The van der Waals surface area contributed by atoms with Gasteiger partial charge in [0.1, 0.15) is 51.4 Å². The van der Waals surface area contributed by atoms with Gasteiger partial charge in [-0.1, -0.05) is 43.4 Å². The number of benzene rings is 2. The van der Waals surface area contributed by atoms with E-state index in [1.165, 1.54) is 0 Å². The van der Waals surface area contributed by atoms with Crippen LogP contribution in [0.15, 0.2) is 60.7 Å². The Bertz CT molecular complexity index is 1290. The van der Waals surface area contributed by atoms with Gasteiger partial charge in [-0.3, -0.25) is 9.69 Å². The third-order valence-electron chi connectivity index (χ3n) is 7.93. The topological polar surface area (TPSA) is 75.7 Å². The molecule has 0 saturated carbocycles. The molecular weight excluding hydrogens is 474 g/mol. The van der Waals surface area contributed by atoms with Crippen molar-refractivity contribution >= 4 is 5.97 Å². The second kappa shape index (κ2) is 8.82. The lowest BCUT2D eigenvalue weighted by molar-refractivity contribution is -0.167. The van der Waals surface area contributed by atoms with Crippen molar-refractivity contribution in [1.29, 1.82) is 0 Å². The lowest BCUT2D eigenvalue weighted by Crippen LogP contribution is -2.59. The standard InChI is InChI=1S/C29H29NO7/c1-29(9-3-2-4-10-29)24-17-36-28(31)25-26(18-5-7-20-22(15-18)34-13-11-32-20)37-27(30(24)25)19-6-8-21-23(16-19)35-14-12-33-21/h2-9,15-16,24-27H,10-14,17H2,1H3/t24-,25+,26-,27+,29?/m1/s1. The Kier molecular flexibility index (Phi) is 5.41. The zero-order valence-corrected chi connectivity index (χ0v) is 20.6. The van der Waals surface area contributed by atoms with E-state index in [9.17, 15) is 4.79 Å². The average Bonchev–Trinajstić information content (AvgIpc) is 3.34. The molecule has 0 bridgehead atoms. The monoisotopic (exact) mass is 503 g/mol. The minimum atomic E-state index is -0.615. The molecule has 0 aromatic heterocycles. The molecule has 0 N–H and O–H groups in total. The summed E-state index contributed by atoms with van der Waals surface area (Å²) in [6.07, 6.45) is 8.33. The van der Waals surface area contributed by atoms with Gasteiger partial charge in [-0.15, -0.1) is 0 Å². The number of morpholine rings is 1. The van der Waals surface area contributed by atoms with Crippen LogP contribution in [0.2, 0.25) is 0 Å². The van der Waals surface area contributed by atoms with Crippen molar-refractivity contribution in [2.24, 2.45) is 5.41 Å². The highest BCUT2D eigenvalue weighted by atomic mass is 16.6. The van der Waals surface area contributed by atoms with E-state index >= 15 is 0 Å². The number of hydrogen-bond acceptors (Lipinski definition) is 8. The summed E-state index contributed by atoms with van der Waals surface area (Å²) in [5.41, 5.74) is 1.53. The quantitative estimate of drug-likeness (QED) is 0.580. The van der Waals surface area contributed by atoms with Crippen LogP contribution in [-0.2, 0) is 14.3 Å². The number of carbonyl (C=O) groups excluding carboxylic acids is 1. The lowest BCUT2D eigenvalue weighted by atomic mass is 9.75. The van der Waals surface area contributed by atoms with Gasteiger partial charge in [0.05, 0.1) is 6.04 Å². The largest absolute Gasteiger partial charge is 0.486 e. The third-order valence-corrected chi connectivity index (χ3v) is 7.93. The molecule has 5 aliphatic rings. The Morgan fingerprint density at radius 1 is 0.811 bits per heavy atom. The summed E-state index contributed by atoms with van der Waals surface area (Å²) in [5.74, 6) is 2.48. The van der Waals surface area contributed by atoms with Crippen molar-refractivity contribution in [3.05, 3.63) is 71.8 Å². The number of cyclic esters (lactones) is 1. The first-order valence-electron chi connectivity index (χ1n) is 12.8. The molecule has 2 fully saturated rings. The Labute approximate surface area is 215 Å². The van der Waals surface area contributed by atoms with Crippen molar-refractivity contribution in [3.63, 3.8) is 0 Å². The molecule has 0 radical (unpaired) electrons. The molecule has 7 rings (SSSR count). The highest BCUT2D eigenvalue weighted by molar-refractivity contribution is 5.78. The lowest BCUT2D eigenvalue weighted by Gasteiger charge is -2.47. The maximum atomic E-state index is 13.4. The van der Waals surface area contributed by atoms with E-state index < -0.39 is 18.4 Å². The molecule has 192 valence electrons. The second-order valence-electron chi connectivity index (χ2n) is 10.3. The number of nitrogens with zero attached hydrogens (tertiary/aromatic N) is 1. The summed E-state index contributed by atoms with van der Waals surface area (Å²) in [7, 11) is 0. The van der Waals surface area contributed by atoms with Gasteiger partial charge in [-0.05, 0) is 41.8 Å². The van der Waals surface area contributed by atoms with E-state index in [1.54, 1.807) is 0 Å². The molecule has 0 amide bonds. The predicted molar refractivity (Wildman–Crippen MR) is 133 cm³/mol. The van der Waals surface area contributed by atoms with E-state index in [4.69, 9.17) is 28.4 Å². The number of rotatable bonds is 3. The van der Waals surface area contributed by atoms with E-state index in [1.807, 2.05) is 36.4 Å². The van der Waals surface area contributed by atoms with Crippen molar-refractivity contribution < 1.29 is 33.2 Å². The van der Waals surface area contributed by atoms with Gasteiger partial charge >= 0.3 is 5.97 Å². The molecule has 2 aromatic rings. The summed E-state index contributed by atoms with van der Waals surface area (Å²) in [6.45, 7) is 4.54. The van der Waals surface area contributed by atoms with Crippen LogP contribution in [0.1, 0.15) is 36.8 Å². The number of hydrogen-bond donors (Lipinski definition) is 0. The smallest absolute Gasteiger partial charge is 0.326 e.